The van der Waals surface area contributed by atoms with Crippen LogP contribution < -0.4 is 22.1 Å². The van der Waals surface area contributed by atoms with Crippen LogP contribution in [0.1, 0.15) is 22.8 Å². The van der Waals surface area contributed by atoms with Gasteiger partial charge in [0, 0.05) is 12.1 Å². The third-order valence-electron chi connectivity index (χ3n) is 2.64. The van der Waals surface area contributed by atoms with E-state index in [-0.39, 0.29) is 36.4 Å². The molecule has 0 spiro atoms. The van der Waals surface area contributed by atoms with Gasteiger partial charge >= 0.3 is 0 Å². The molecule has 0 atom stereocenters. The Balaban J connectivity index is 0.00000484. The monoisotopic (exact) mass is 431 g/mol. The summed E-state index contributed by atoms with van der Waals surface area (Å²) >= 11 is 0. The van der Waals surface area contributed by atoms with Crippen molar-refractivity contribution >= 4 is 41.8 Å². The first-order chi connectivity index (χ1) is 10.4. The van der Waals surface area contributed by atoms with Gasteiger partial charge in [0.2, 0.25) is 5.91 Å². The molecule has 0 radical (unpaired) electrons. The maximum atomic E-state index is 11.7. The first kappa shape index (κ1) is 20.9. The van der Waals surface area contributed by atoms with Gasteiger partial charge in [0.05, 0.1) is 13.1 Å². The molecular formula is C15H22IN5O2. The number of benzene rings is 1. The molecule has 0 aliphatic carbocycles. The number of guanidine groups is 1. The molecule has 0 fully saturated rings. The maximum absolute atomic E-state index is 11.7. The van der Waals surface area contributed by atoms with E-state index in [1.165, 1.54) is 0 Å². The SMILES string of the molecule is C=C(C)CNC(N)=NCc1ccc(C(=O)NCC(N)=O)cc1.I. The summed E-state index contributed by atoms with van der Waals surface area (Å²) in [5.41, 5.74) is 13.0. The molecule has 23 heavy (non-hydrogen) atoms. The van der Waals surface area contributed by atoms with Gasteiger partial charge in [-0.2, -0.15) is 0 Å². The number of nitrogens with zero attached hydrogens (tertiary/aromatic N) is 1. The molecule has 0 unspecified atom stereocenters. The second-order valence-corrected chi connectivity index (χ2v) is 4.86. The number of aliphatic imine (C=N–C) groups is 1. The lowest BCUT2D eigenvalue weighted by atomic mass is 10.1. The Morgan fingerprint density at radius 3 is 2.26 bits per heavy atom. The Morgan fingerprint density at radius 2 is 1.74 bits per heavy atom. The van der Waals surface area contributed by atoms with Gasteiger partial charge in [-0.15, -0.1) is 24.0 Å². The molecule has 0 saturated heterocycles. The topological polar surface area (TPSA) is 123 Å². The van der Waals surface area contributed by atoms with Crippen molar-refractivity contribution in [2.45, 2.75) is 13.5 Å². The third-order valence-corrected chi connectivity index (χ3v) is 2.64. The minimum absolute atomic E-state index is 0. The minimum atomic E-state index is -0.586. The molecule has 1 rings (SSSR count). The quantitative estimate of drug-likeness (QED) is 0.217. The molecule has 0 aliphatic heterocycles. The molecule has 0 heterocycles. The Bertz CT molecular complexity index is 584. The molecule has 2 amide bonds. The highest BCUT2D eigenvalue weighted by Gasteiger charge is 2.05. The van der Waals surface area contributed by atoms with Crippen molar-refractivity contribution in [1.29, 1.82) is 0 Å². The zero-order chi connectivity index (χ0) is 16.5. The summed E-state index contributed by atoms with van der Waals surface area (Å²) in [7, 11) is 0. The Kier molecular flexibility index (Phi) is 9.63. The van der Waals surface area contributed by atoms with Gasteiger partial charge in [0.25, 0.3) is 5.91 Å². The fourth-order valence-corrected chi connectivity index (χ4v) is 1.50. The largest absolute Gasteiger partial charge is 0.370 e. The summed E-state index contributed by atoms with van der Waals surface area (Å²) in [4.78, 5) is 26.5. The lowest BCUT2D eigenvalue weighted by Crippen LogP contribution is -2.33. The average Bonchev–Trinajstić information content (AvgIpc) is 2.49. The van der Waals surface area contributed by atoms with Crippen LogP contribution in [0.5, 0.6) is 0 Å². The number of amides is 2. The Hall–Kier alpha value is -2.10. The van der Waals surface area contributed by atoms with E-state index in [0.717, 1.165) is 11.1 Å². The normalized spacial score (nSPS) is 10.4. The number of carbonyl (C=O) groups is 2. The molecule has 7 nitrogen and oxygen atoms in total. The van der Waals surface area contributed by atoms with Crippen LogP contribution in [0.15, 0.2) is 41.4 Å². The first-order valence-electron chi connectivity index (χ1n) is 6.72. The van der Waals surface area contributed by atoms with Crippen LogP contribution in [0, 0.1) is 0 Å². The lowest BCUT2D eigenvalue weighted by molar-refractivity contribution is -0.117. The van der Waals surface area contributed by atoms with Gasteiger partial charge in [-0.05, 0) is 24.6 Å². The number of halogens is 1. The van der Waals surface area contributed by atoms with Crippen LogP contribution in [-0.2, 0) is 11.3 Å². The van der Waals surface area contributed by atoms with Gasteiger partial charge in [0.15, 0.2) is 5.96 Å². The molecule has 0 bridgehead atoms. The predicted molar refractivity (Wildman–Crippen MR) is 102 cm³/mol. The summed E-state index contributed by atoms with van der Waals surface area (Å²) in [5.74, 6) is -0.597. The van der Waals surface area contributed by atoms with Crippen molar-refractivity contribution in [3.05, 3.63) is 47.5 Å². The standard InChI is InChI=1S/C15H21N5O2.HI/c1-10(2)7-19-15(17)20-8-11-3-5-12(6-4-11)14(22)18-9-13(16)21;/h3-6H,1,7-9H2,2H3,(H2,16,21)(H,18,22)(H3,17,19,20);1H. The van der Waals surface area contributed by atoms with Gasteiger partial charge in [-0.1, -0.05) is 24.3 Å². The summed E-state index contributed by atoms with van der Waals surface area (Å²) in [5, 5.41) is 5.35. The highest BCUT2D eigenvalue weighted by molar-refractivity contribution is 14.0. The third kappa shape index (κ3) is 8.81. The molecule has 0 aromatic heterocycles. The fraction of sp³-hybridized carbons (Fsp3) is 0.267. The van der Waals surface area contributed by atoms with Crippen molar-refractivity contribution < 1.29 is 9.59 Å². The number of rotatable bonds is 7. The predicted octanol–water partition coefficient (Wildman–Crippen LogP) is 0.500. The Labute approximate surface area is 152 Å². The van der Waals surface area contributed by atoms with Crippen molar-refractivity contribution in [2.75, 3.05) is 13.1 Å². The minimum Gasteiger partial charge on any atom is -0.370 e. The summed E-state index contributed by atoms with van der Waals surface area (Å²) in [6, 6.07) is 6.85. The smallest absolute Gasteiger partial charge is 0.251 e. The van der Waals surface area contributed by atoms with E-state index in [4.69, 9.17) is 11.5 Å². The summed E-state index contributed by atoms with van der Waals surface area (Å²) in [6.07, 6.45) is 0. The van der Waals surface area contributed by atoms with E-state index in [1.54, 1.807) is 24.3 Å². The zero-order valence-electron chi connectivity index (χ0n) is 13.0. The fourth-order valence-electron chi connectivity index (χ4n) is 1.50. The van der Waals surface area contributed by atoms with Crippen LogP contribution in [0.2, 0.25) is 0 Å². The summed E-state index contributed by atoms with van der Waals surface area (Å²) < 4.78 is 0. The van der Waals surface area contributed by atoms with Crippen LogP contribution in [0.4, 0.5) is 0 Å². The highest BCUT2D eigenvalue weighted by Crippen LogP contribution is 2.05. The second-order valence-electron chi connectivity index (χ2n) is 4.86. The lowest BCUT2D eigenvalue weighted by Gasteiger charge is -2.06. The number of nitrogens with one attached hydrogen (secondary N) is 2. The number of hydrogen-bond donors (Lipinski definition) is 4. The number of carbonyl (C=O) groups excluding carboxylic acids is 2. The first-order valence-corrected chi connectivity index (χ1v) is 6.72. The molecule has 1 aromatic rings. The second kappa shape index (κ2) is 10.6. The molecule has 6 N–H and O–H groups in total. The average molecular weight is 431 g/mol. The number of nitrogens with two attached hydrogens (primary N) is 2. The van der Waals surface area contributed by atoms with Crippen molar-refractivity contribution in [2.24, 2.45) is 16.5 Å². The van der Waals surface area contributed by atoms with Crippen LogP contribution in [0.3, 0.4) is 0 Å². The van der Waals surface area contributed by atoms with Gasteiger partial charge in [0.1, 0.15) is 0 Å². The molecular weight excluding hydrogens is 409 g/mol. The van der Waals surface area contributed by atoms with Crippen LogP contribution in [0.25, 0.3) is 0 Å². The maximum Gasteiger partial charge on any atom is 0.251 e. The number of hydrogen-bond acceptors (Lipinski definition) is 3. The van der Waals surface area contributed by atoms with E-state index in [1.807, 2.05) is 6.92 Å². The van der Waals surface area contributed by atoms with E-state index >= 15 is 0 Å². The van der Waals surface area contributed by atoms with Crippen LogP contribution >= 0.6 is 24.0 Å². The van der Waals surface area contributed by atoms with Crippen molar-refractivity contribution in [3.63, 3.8) is 0 Å². The van der Waals surface area contributed by atoms with Crippen molar-refractivity contribution in [3.8, 4) is 0 Å². The Morgan fingerprint density at radius 1 is 1.13 bits per heavy atom. The number of primary amides is 1. The molecule has 126 valence electrons. The zero-order valence-corrected chi connectivity index (χ0v) is 15.3. The summed E-state index contributed by atoms with van der Waals surface area (Å²) in [6.45, 7) is 6.44. The molecule has 0 saturated carbocycles. The highest BCUT2D eigenvalue weighted by atomic mass is 127. The van der Waals surface area contributed by atoms with Crippen LogP contribution in [-0.4, -0.2) is 30.9 Å². The van der Waals surface area contributed by atoms with Crippen molar-refractivity contribution in [1.82, 2.24) is 10.6 Å². The van der Waals surface area contributed by atoms with E-state index < -0.39 is 5.91 Å². The van der Waals surface area contributed by atoms with Gasteiger partial charge in [-0.25, -0.2) is 4.99 Å². The van der Waals surface area contributed by atoms with E-state index in [0.29, 0.717) is 24.6 Å². The van der Waals surface area contributed by atoms with E-state index in [9.17, 15) is 9.59 Å². The van der Waals surface area contributed by atoms with Gasteiger partial charge < -0.3 is 22.1 Å². The van der Waals surface area contributed by atoms with E-state index in [2.05, 4.69) is 22.2 Å². The van der Waals surface area contributed by atoms with Gasteiger partial charge in [-0.3, -0.25) is 9.59 Å². The molecule has 1 aromatic carbocycles. The molecule has 0 aliphatic rings. The molecule has 8 heteroatoms.